The number of nitrogens with one attached hydrogen (secondary N) is 2. The summed E-state index contributed by atoms with van der Waals surface area (Å²) in [4.78, 5) is 20.0. The van der Waals surface area contributed by atoms with E-state index in [9.17, 15) is 18.7 Å². The van der Waals surface area contributed by atoms with E-state index in [0.29, 0.717) is 0 Å². The van der Waals surface area contributed by atoms with Gasteiger partial charge in [0, 0.05) is 17.2 Å². The second-order valence-electron chi connectivity index (χ2n) is 6.28. The van der Waals surface area contributed by atoms with Crippen molar-refractivity contribution in [2.45, 2.75) is 26.3 Å². The average molecular weight is 348 g/mol. The van der Waals surface area contributed by atoms with E-state index in [1.165, 1.54) is 6.07 Å². The topological polar surface area (TPSA) is 86.6 Å². The highest BCUT2D eigenvalue weighted by atomic mass is 19.2. The van der Waals surface area contributed by atoms with Crippen LogP contribution in [0, 0.1) is 11.6 Å². The average Bonchev–Trinajstić information content (AvgIpc) is 2.48. The van der Waals surface area contributed by atoms with E-state index in [-0.39, 0.29) is 23.2 Å². The summed E-state index contributed by atoms with van der Waals surface area (Å²) < 4.78 is 26.3. The van der Waals surface area contributed by atoms with Crippen LogP contribution in [0.3, 0.4) is 0 Å². The van der Waals surface area contributed by atoms with Crippen molar-refractivity contribution < 1.29 is 18.7 Å². The normalized spacial score (nSPS) is 12.0. The maximum absolute atomic E-state index is 13.3. The number of carbonyl (C=O) groups is 1. The Morgan fingerprint density at radius 3 is 2.48 bits per heavy atom. The third kappa shape index (κ3) is 5.52. The predicted octanol–water partition coefficient (Wildman–Crippen LogP) is 3.06. The lowest BCUT2D eigenvalue weighted by molar-refractivity contribution is 0.100. The molecule has 0 radical (unpaired) electrons. The largest absolute Gasteiger partial charge is 0.493 e. The zero-order valence-electron chi connectivity index (χ0n) is 14.0. The van der Waals surface area contributed by atoms with E-state index >= 15 is 0 Å². The first-order valence-corrected chi connectivity index (χ1v) is 7.43. The molecule has 2 rings (SSSR count). The first-order valence-electron chi connectivity index (χ1n) is 7.43. The number of hydrogen-bond acceptors (Lipinski definition) is 3. The molecule has 0 unspecified atom stereocenters. The number of aromatic hydroxyl groups is 1. The molecule has 0 bridgehead atoms. The predicted molar refractivity (Wildman–Crippen MR) is 90.5 cm³/mol. The molecule has 0 saturated carbocycles. The minimum Gasteiger partial charge on any atom is -0.493 e. The number of aromatic nitrogens is 1. The summed E-state index contributed by atoms with van der Waals surface area (Å²) in [6, 6.07) is 7.32. The van der Waals surface area contributed by atoms with Crippen LogP contribution in [-0.2, 0) is 0 Å². The van der Waals surface area contributed by atoms with Gasteiger partial charge in [-0.3, -0.25) is 4.79 Å². The van der Waals surface area contributed by atoms with Crippen LogP contribution < -0.4 is 10.6 Å². The van der Waals surface area contributed by atoms with Gasteiger partial charge in [-0.25, -0.2) is 8.78 Å². The molecule has 132 valence electrons. The summed E-state index contributed by atoms with van der Waals surface area (Å²) in [6.45, 7) is 5.55. The molecule has 0 spiro atoms. The highest BCUT2D eigenvalue weighted by molar-refractivity contribution is 6.06. The van der Waals surface area contributed by atoms with E-state index in [1.54, 1.807) is 12.1 Å². The van der Waals surface area contributed by atoms with Gasteiger partial charge in [-0.1, -0.05) is 6.07 Å². The van der Waals surface area contributed by atoms with Crippen LogP contribution in [0.5, 0.6) is 5.88 Å². The van der Waals surface area contributed by atoms with Crippen LogP contribution in [0.25, 0.3) is 0 Å². The Morgan fingerprint density at radius 2 is 1.88 bits per heavy atom. The summed E-state index contributed by atoms with van der Waals surface area (Å²) in [5.41, 5.74) is -0.547. The minimum atomic E-state index is -1.13. The van der Waals surface area contributed by atoms with Crippen LogP contribution in [0.15, 0.2) is 41.4 Å². The second-order valence-corrected chi connectivity index (χ2v) is 6.28. The smallest absolute Gasteiger partial charge is 0.280 e. The van der Waals surface area contributed by atoms with Crippen molar-refractivity contribution in [2.24, 2.45) is 4.99 Å². The van der Waals surface area contributed by atoms with Crippen LogP contribution in [-0.4, -0.2) is 27.5 Å². The number of hydrogen-bond donors (Lipinski definition) is 3. The molecule has 3 N–H and O–H groups in total. The Kier molecular flexibility index (Phi) is 5.31. The van der Waals surface area contributed by atoms with Crippen molar-refractivity contribution in [3.8, 4) is 5.88 Å². The molecule has 1 aromatic carbocycles. The van der Waals surface area contributed by atoms with Crippen molar-refractivity contribution in [1.29, 1.82) is 0 Å². The van der Waals surface area contributed by atoms with Gasteiger partial charge in [0.25, 0.3) is 5.91 Å². The van der Waals surface area contributed by atoms with E-state index in [4.69, 9.17) is 0 Å². The molecule has 0 aliphatic rings. The first kappa shape index (κ1) is 18.3. The number of pyridine rings is 1. The number of aliphatic imine (C=N–C) groups is 1. The Morgan fingerprint density at radius 1 is 1.16 bits per heavy atom. The monoisotopic (exact) mass is 348 g/mol. The summed E-state index contributed by atoms with van der Waals surface area (Å²) in [5.74, 6) is -2.83. The van der Waals surface area contributed by atoms with Crippen molar-refractivity contribution in [2.75, 3.05) is 5.32 Å². The maximum Gasteiger partial charge on any atom is 0.280 e. The number of nitrogens with zero attached hydrogens (tertiary/aromatic N) is 2. The number of halogens is 2. The Hall–Kier alpha value is -3.03. The fraction of sp³-hybridized carbons (Fsp3) is 0.235. The Labute approximate surface area is 143 Å². The molecular weight excluding hydrogens is 330 g/mol. The highest BCUT2D eigenvalue weighted by Crippen LogP contribution is 2.12. The molecule has 0 aliphatic carbocycles. The van der Waals surface area contributed by atoms with Crippen molar-refractivity contribution in [3.63, 3.8) is 0 Å². The van der Waals surface area contributed by atoms with Crippen molar-refractivity contribution in [1.82, 2.24) is 10.3 Å². The standard InChI is InChI=1S/C17H18F2N4O2/c1-17(2,3)23-16(21-13-5-4-6-14(24)20-13)22-15(25)10-7-8-11(18)12(19)9-10/h4-9H,1-3H3,(H3,20,21,22,23,24,25). The number of benzene rings is 1. The molecule has 0 atom stereocenters. The van der Waals surface area contributed by atoms with Gasteiger partial charge in [-0.2, -0.15) is 9.98 Å². The van der Waals surface area contributed by atoms with E-state index in [0.717, 1.165) is 18.2 Å². The molecule has 1 amide bonds. The van der Waals surface area contributed by atoms with Crippen molar-refractivity contribution >= 4 is 17.7 Å². The molecule has 0 aliphatic heterocycles. The lowest BCUT2D eigenvalue weighted by Gasteiger charge is -2.23. The van der Waals surface area contributed by atoms with Gasteiger partial charge in [-0.05, 0) is 45.0 Å². The molecule has 0 saturated heterocycles. The number of rotatable bonds is 2. The van der Waals surface area contributed by atoms with Gasteiger partial charge >= 0.3 is 0 Å². The zero-order chi connectivity index (χ0) is 18.6. The quantitative estimate of drug-likeness (QED) is 0.574. The number of amides is 1. The fourth-order valence-electron chi connectivity index (χ4n) is 1.85. The molecule has 2 aromatic rings. The summed E-state index contributed by atoms with van der Waals surface area (Å²) in [5, 5.41) is 15.2. The third-order valence-corrected chi connectivity index (χ3v) is 2.85. The second kappa shape index (κ2) is 7.25. The summed E-state index contributed by atoms with van der Waals surface area (Å²) in [6.07, 6.45) is 0. The van der Waals surface area contributed by atoms with Crippen LogP contribution in [0.2, 0.25) is 0 Å². The molecule has 1 heterocycles. The summed E-state index contributed by atoms with van der Waals surface area (Å²) >= 11 is 0. The molecule has 25 heavy (non-hydrogen) atoms. The zero-order valence-corrected chi connectivity index (χ0v) is 14.0. The SMILES string of the molecule is CC(C)(C)N/C(=N\C(=O)c1ccc(F)c(F)c1)Nc1cccc(O)n1. The fourth-order valence-corrected chi connectivity index (χ4v) is 1.85. The molecule has 1 aromatic heterocycles. The lowest BCUT2D eigenvalue weighted by atomic mass is 10.1. The van der Waals surface area contributed by atoms with Crippen LogP contribution in [0.1, 0.15) is 31.1 Å². The van der Waals surface area contributed by atoms with Gasteiger partial charge < -0.3 is 15.7 Å². The van der Waals surface area contributed by atoms with E-state index < -0.39 is 23.1 Å². The van der Waals surface area contributed by atoms with Gasteiger partial charge in [-0.15, -0.1) is 0 Å². The lowest BCUT2D eigenvalue weighted by Crippen LogP contribution is -2.44. The van der Waals surface area contributed by atoms with Gasteiger partial charge in [0.2, 0.25) is 11.8 Å². The Balaban J connectivity index is 2.31. The number of guanidine groups is 1. The van der Waals surface area contributed by atoms with E-state index in [1.807, 2.05) is 20.8 Å². The minimum absolute atomic E-state index is 0.0559. The maximum atomic E-state index is 13.3. The van der Waals surface area contributed by atoms with Gasteiger partial charge in [0.15, 0.2) is 11.6 Å². The summed E-state index contributed by atoms with van der Waals surface area (Å²) in [7, 11) is 0. The van der Waals surface area contributed by atoms with Gasteiger partial charge in [0.05, 0.1) is 0 Å². The van der Waals surface area contributed by atoms with E-state index in [2.05, 4.69) is 20.6 Å². The van der Waals surface area contributed by atoms with Crippen LogP contribution in [0.4, 0.5) is 14.6 Å². The molecule has 8 heteroatoms. The molecule has 6 nitrogen and oxygen atoms in total. The van der Waals surface area contributed by atoms with Crippen LogP contribution >= 0.6 is 0 Å². The molecule has 0 fully saturated rings. The first-order chi connectivity index (χ1) is 11.6. The number of carbonyl (C=O) groups excluding carboxylic acids is 1. The highest BCUT2D eigenvalue weighted by Gasteiger charge is 2.16. The Bertz CT molecular complexity index is 817. The molecular formula is C17H18F2N4O2. The van der Waals surface area contributed by atoms with Gasteiger partial charge in [0.1, 0.15) is 5.82 Å². The number of anilines is 1. The third-order valence-electron chi connectivity index (χ3n) is 2.85. The van der Waals surface area contributed by atoms with Crippen molar-refractivity contribution in [3.05, 3.63) is 53.6 Å².